The van der Waals surface area contributed by atoms with Crippen molar-refractivity contribution in [1.29, 1.82) is 0 Å². The van der Waals surface area contributed by atoms with E-state index in [4.69, 9.17) is 4.74 Å². The molecule has 0 aliphatic heterocycles. The van der Waals surface area contributed by atoms with Gasteiger partial charge in [0.2, 0.25) is 0 Å². The molecule has 1 atom stereocenters. The van der Waals surface area contributed by atoms with Crippen LogP contribution in [0.25, 0.3) is 0 Å². The predicted octanol–water partition coefficient (Wildman–Crippen LogP) is 3.70. The summed E-state index contributed by atoms with van der Waals surface area (Å²) >= 11 is 0. The molecule has 0 bridgehead atoms. The van der Waals surface area contributed by atoms with Gasteiger partial charge in [0.25, 0.3) is 0 Å². The minimum Gasteiger partial charge on any atom is -0.444 e. The Balaban J connectivity index is 2.65. The van der Waals surface area contributed by atoms with Crippen molar-refractivity contribution in [2.24, 2.45) is 0 Å². The Bertz CT molecular complexity index is 665. The van der Waals surface area contributed by atoms with E-state index < -0.39 is 29.9 Å². The lowest BCUT2D eigenvalue weighted by molar-refractivity contribution is -0.173. The van der Waals surface area contributed by atoms with Gasteiger partial charge in [0.1, 0.15) is 11.8 Å². The maximum Gasteiger partial charge on any atom is 0.471 e. The largest absolute Gasteiger partial charge is 0.471 e. The Morgan fingerprint density at radius 1 is 1.15 bits per heavy atom. The van der Waals surface area contributed by atoms with Crippen LogP contribution < -0.4 is 16.0 Å². The molecule has 0 saturated heterocycles. The van der Waals surface area contributed by atoms with E-state index in [1.165, 1.54) is 0 Å². The van der Waals surface area contributed by atoms with Crippen LogP contribution in [0.4, 0.5) is 23.7 Å². The van der Waals surface area contributed by atoms with E-state index in [-0.39, 0.29) is 6.54 Å². The van der Waals surface area contributed by atoms with E-state index in [1.54, 1.807) is 69.4 Å². The number of hydrogen-bond donors (Lipinski definition) is 3. The zero-order valence-electron chi connectivity index (χ0n) is 15.6. The van der Waals surface area contributed by atoms with Crippen molar-refractivity contribution in [3.8, 4) is 0 Å². The minimum atomic E-state index is -4.91. The van der Waals surface area contributed by atoms with Gasteiger partial charge >= 0.3 is 18.2 Å². The lowest BCUT2D eigenvalue weighted by Gasteiger charge is -2.23. The molecular weight excluding hydrogens is 363 g/mol. The maximum atomic E-state index is 12.2. The van der Waals surface area contributed by atoms with Gasteiger partial charge in [-0.1, -0.05) is 18.2 Å². The zero-order valence-corrected chi connectivity index (χ0v) is 15.6. The molecule has 0 heterocycles. The molecule has 1 rings (SSSR count). The molecule has 1 aromatic carbocycles. The topological polar surface area (TPSA) is 79.5 Å². The van der Waals surface area contributed by atoms with Crippen LogP contribution in [0.3, 0.4) is 0 Å². The third kappa shape index (κ3) is 8.98. The van der Waals surface area contributed by atoms with Gasteiger partial charge in [-0.05, 0) is 51.5 Å². The fourth-order valence-corrected chi connectivity index (χ4v) is 1.94. The summed E-state index contributed by atoms with van der Waals surface area (Å²) in [6.07, 6.45) is -2.59. The van der Waals surface area contributed by atoms with Crippen LogP contribution in [0.15, 0.2) is 36.4 Å². The fraction of sp³-hybridized carbons (Fsp3) is 0.444. The molecule has 9 heteroatoms. The van der Waals surface area contributed by atoms with Crippen LogP contribution in [0, 0.1) is 0 Å². The Kier molecular flexibility index (Phi) is 7.68. The molecule has 0 fully saturated rings. The lowest BCUT2D eigenvalue weighted by Crippen LogP contribution is -2.42. The van der Waals surface area contributed by atoms with Crippen molar-refractivity contribution in [3.63, 3.8) is 0 Å². The summed E-state index contributed by atoms with van der Waals surface area (Å²) in [5.74, 6) is -1.99. The zero-order chi connectivity index (χ0) is 20.7. The van der Waals surface area contributed by atoms with Gasteiger partial charge in [0, 0.05) is 12.2 Å². The van der Waals surface area contributed by atoms with Gasteiger partial charge in [0.05, 0.1) is 0 Å². The molecule has 1 aromatic rings. The standard InChI is InChI=1S/C18H24F3N3O3/c1-5-6-14(24-16(26)27-17(2,3)4)23-13-9-7-12(8-10-13)11-22-15(25)18(19,20)21/h5-10,14,23H,11H2,1-4H3,(H,22,25)(H,24,26). The first-order valence-corrected chi connectivity index (χ1v) is 8.23. The number of alkyl halides is 3. The number of nitrogens with one attached hydrogen (secondary N) is 3. The Labute approximate surface area is 156 Å². The lowest BCUT2D eigenvalue weighted by atomic mass is 10.2. The maximum absolute atomic E-state index is 12.2. The van der Waals surface area contributed by atoms with Gasteiger partial charge in [-0.15, -0.1) is 0 Å². The molecule has 0 saturated carbocycles. The van der Waals surface area contributed by atoms with E-state index in [9.17, 15) is 22.8 Å². The van der Waals surface area contributed by atoms with Crippen LogP contribution in [0.2, 0.25) is 0 Å². The summed E-state index contributed by atoms with van der Waals surface area (Å²) in [5, 5.41) is 7.50. The van der Waals surface area contributed by atoms with E-state index in [1.807, 2.05) is 0 Å². The fourth-order valence-electron chi connectivity index (χ4n) is 1.94. The number of halogens is 3. The number of carbonyl (C=O) groups excluding carboxylic acids is 2. The molecular formula is C18H24F3N3O3. The Hall–Kier alpha value is -2.71. The van der Waals surface area contributed by atoms with Crippen molar-refractivity contribution in [2.75, 3.05) is 5.32 Å². The van der Waals surface area contributed by atoms with Crippen molar-refractivity contribution in [2.45, 2.75) is 52.2 Å². The number of anilines is 1. The van der Waals surface area contributed by atoms with E-state index >= 15 is 0 Å². The number of benzene rings is 1. The van der Waals surface area contributed by atoms with Gasteiger partial charge < -0.3 is 15.4 Å². The molecule has 0 aliphatic carbocycles. The second-order valence-corrected chi connectivity index (χ2v) is 6.67. The average Bonchev–Trinajstić information content (AvgIpc) is 2.51. The number of rotatable bonds is 6. The summed E-state index contributed by atoms with van der Waals surface area (Å²) in [6.45, 7) is 6.80. The number of allylic oxidation sites excluding steroid dienone is 1. The number of alkyl carbamates (subject to hydrolysis) is 1. The van der Waals surface area contributed by atoms with Crippen LogP contribution in [0.1, 0.15) is 33.3 Å². The van der Waals surface area contributed by atoms with Crippen molar-refractivity contribution in [3.05, 3.63) is 42.0 Å². The first kappa shape index (κ1) is 22.3. The van der Waals surface area contributed by atoms with Gasteiger partial charge in [0.15, 0.2) is 0 Å². The van der Waals surface area contributed by atoms with Crippen LogP contribution in [-0.2, 0) is 16.1 Å². The SMILES string of the molecule is CC=CC(NC(=O)OC(C)(C)C)Nc1ccc(CNC(=O)C(F)(F)F)cc1. The molecule has 0 aromatic heterocycles. The summed E-state index contributed by atoms with van der Waals surface area (Å²) in [5.41, 5.74) is 0.494. The normalized spacial score (nSPS) is 13.1. The molecule has 0 aliphatic rings. The first-order valence-electron chi connectivity index (χ1n) is 8.23. The number of amides is 2. The monoisotopic (exact) mass is 387 g/mol. The van der Waals surface area contributed by atoms with E-state index in [0.717, 1.165) is 0 Å². The molecule has 0 radical (unpaired) electrons. The summed E-state index contributed by atoms with van der Waals surface area (Å²) in [4.78, 5) is 22.7. The van der Waals surface area contributed by atoms with Gasteiger partial charge in [-0.25, -0.2) is 4.79 Å². The first-order chi connectivity index (χ1) is 12.4. The Morgan fingerprint density at radius 3 is 2.22 bits per heavy atom. The molecule has 2 amide bonds. The number of carbonyl (C=O) groups is 2. The number of ether oxygens (including phenoxy) is 1. The highest BCUT2D eigenvalue weighted by Gasteiger charge is 2.38. The molecule has 150 valence electrons. The third-order valence-corrected chi connectivity index (χ3v) is 3.04. The molecule has 1 unspecified atom stereocenters. The molecule has 6 nitrogen and oxygen atoms in total. The highest BCUT2D eigenvalue weighted by Crippen LogP contribution is 2.15. The quantitative estimate of drug-likeness (QED) is 0.514. The van der Waals surface area contributed by atoms with Gasteiger partial charge in [-0.2, -0.15) is 13.2 Å². The second kappa shape index (κ2) is 9.29. The van der Waals surface area contributed by atoms with E-state index in [0.29, 0.717) is 11.3 Å². The average molecular weight is 387 g/mol. The molecule has 27 heavy (non-hydrogen) atoms. The second-order valence-electron chi connectivity index (χ2n) is 6.67. The van der Waals surface area contributed by atoms with Crippen LogP contribution in [0.5, 0.6) is 0 Å². The summed E-state index contributed by atoms with van der Waals surface area (Å²) in [7, 11) is 0. The van der Waals surface area contributed by atoms with Crippen molar-refractivity contribution in [1.82, 2.24) is 10.6 Å². The Morgan fingerprint density at radius 2 is 1.74 bits per heavy atom. The van der Waals surface area contributed by atoms with Crippen LogP contribution >= 0.6 is 0 Å². The molecule has 0 spiro atoms. The summed E-state index contributed by atoms with van der Waals surface area (Å²) in [6, 6.07) is 6.39. The highest BCUT2D eigenvalue weighted by molar-refractivity contribution is 5.81. The predicted molar refractivity (Wildman–Crippen MR) is 95.9 cm³/mol. The third-order valence-electron chi connectivity index (χ3n) is 3.04. The number of hydrogen-bond acceptors (Lipinski definition) is 4. The molecule has 3 N–H and O–H groups in total. The highest BCUT2D eigenvalue weighted by atomic mass is 19.4. The van der Waals surface area contributed by atoms with Crippen molar-refractivity contribution < 1.29 is 27.5 Å². The van der Waals surface area contributed by atoms with Crippen molar-refractivity contribution >= 4 is 17.7 Å². The van der Waals surface area contributed by atoms with Gasteiger partial charge in [-0.3, -0.25) is 10.1 Å². The summed E-state index contributed by atoms with van der Waals surface area (Å²) < 4.78 is 41.7. The minimum absolute atomic E-state index is 0.243. The smallest absolute Gasteiger partial charge is 0.444 e. The van der Waals surface area contributed by atoms with E-state index in [2.05, 4.69) is 10.6 Å². The van der Waals surface area contributed by atoms with Crippen LogP contribution in [-0.4, -0.2) is 29.9 Å².